The van der Waals surface area contributed by atoms with Gasteiger partial charge in [-0.25, -0.2) is 4.98 Å². The molecule has 0 aliphatic heterocycles. The van der Waals surface area contributed by atoms with Crippen LogP contribution in [0.4, 0.5) is 0 Å². The average molecular weight is 327 g/mol. The molecule has 0 aliphatic carbocycles. The summed E-state index contributed by atoms with van der Waals surface area (Å²) in [6.45, 7) is 2.63. The number of hydrogen-bond donors (Lipinski definition) is 1. The molecule has 1 aromatic heterocycles. The topological polar surface area (TPSA) is 42.0 Å². The van der Waals surface area contributed by atoms with Crippen LogP contribution in [0.25, 0.3) is 0 Å². The predicted octanol–water partition coefficient (Wildman–Crippen LogP) is 3.88. The molecule has 0 bridgehead atoms. The highest BCUT2D eigenvalue weighted by Gasteiger charge is 2.12. The van der Waals surface area contributed by atoms with Crippen molar-refractivity contribution < 1.29 is 4.79 Å². The number of halogens is 1. The first-order valence-electron chi connectivity index (χ1n) is 6.28. The Kier molecular flexibility index (Phi) is 5.88. The summed E-state index contributed by atoms with van der Waals surface area (Å²) in [5, 5.41) is 5.49. The van der Waals surface area contributed by atoms with Gasteiger partial charge in [0, 0.05) is 28.3 Å². The fourth-order valence-corrected chi connectivity index (χ4v) is 3.27. The number of rotatable bonds is 6. The van der Waals surface area contributed by atoms with Crippen LogP contribution in [-0.4, -0.2) is 23.2 Å². The van der Waals surface area contributed by atoms with Crippen LogP contribution in [0.3, 0.4) is 0 Å². The smallest absolute Gasteiger partial charge is 0.252 e. The third-order valence-electron chi connectivity index (χ3n) is 2.64. The molecule has 0 fully saturated rings. The highest BCUT2D eigenvalue weighted by molar-refractivity contribution is 7.99. The first-order chi connectivity index (χ1) is 9.70. The Balaban J connectivity index is 1.99. The zero-order valence-corrected chi connectivity index (χ0v) is 13.4. The van der Waals surface area contributed by atoms with Crippen molar-refractivity contribution in [3.63, 3.8) is 0 Å². The average Bonchev–Trinajstić information content (AvgIpc) is 2.94. The van der Waals surface area contributed by atoms with E-state index in [1.807, 2.05) is 17.5 Å². The van der Waals surface area contributed by atoms with Gasteiger partial charge >= 0.3 is 0 Å². The SMILES string of the molecule is CCSc1ccc(Cl)cc1C(=O)NCCc1cscn1. The summed E-state index contributed by atoms with van der Waals surface area (Å²) in [5.41, 5.74) is 3.44. The van der Waals surface area contributed by atoms with E-state index in [-0.39, 0.29) is 5.91 Å². The number of nitrogens with zero attached hydrogens (tertiary/aromatic N) is 1. The molecule has 0 radical (unpaired) electrons. The van der Waals surface area contributed by atoms with Crippen LogP contribution in [0.15, 0.2) is 34.0 Å². The first-order valence-corrected chi connectivity index (χ1v) is 8.59. The lowest BCUT2D eigenvalue weighted by Gasteiger charge is -2.09. The van der Waals surface area contributed by atoms with Gasteiger partial charge in [0.05, 0.1) is 16.8 Å². The minimum Gasteiger partial charge on any atom is -0.352 e. The van der Waals surface area contributed by atoms with Crippen LogP contribution < -0.4 is 5.32 Å². The van der Waals surface area contributed by atoms with E-state index < -0.39 is 0 Å². The van der Waals surface area contributed by atoms with Crippen molar-refractivity contribution >= 4 is 40.6 Å². The quantitative estimate of drug-likeness (QED) is 0.819. The van der Waals surface area contributed by atoms with Gasteiger partial charge in [-0.2, -0.15) is 0 Å². The largest absolute Gasteiger partial charge is 0.352 e. The van der Waals surface area contributed by atoms with Crippen molar-refractivity contribution in [3.05, 3.63) is 45.4 Å². The van der Waals surface area contributed by atoms with Crippen LogP contribution in [-0.2, 0) is 6.42 Å². The van der Waals surface area contributed by atoms with E-state index >= 15 is 0 Å². The summed E-state index contributed by atoms with van der Waals surface area (Å²) in [5.74, 6) is 0.833. The number of benzene rings is 1. The van der Waals surface area contributed by atoms with Crippen LogP contribution in [0.1, 0.15) is 23.0 Å². The van der Waals surface area contributed by atoms with Crippen molar-refractivity contribution in [1.82, 2.24) is 10.3 Å². The summed E-state index contributed by atoms with van der Waals surface area (Å²) in [6, 6.07) is 5.43. The predicted molar refractivity (Wildman–Crippen MR) is 86.0 cm³/mol. The number of thiazole rings is 1. The molecule has 0 aliphatic rings. The summed E-state index contributed by atoms with van der Waals surface area (Å²) in [4.78, 5) is 17.4. The molecule has 0 spiro atoms. The van der Waals surface area contributed by atoms with Crippen molar-refractivity contribution in [2.45, 2.75) is 18.2 Å². The number of hydrogen-bond acceptors (Lipinski definition) is 4. The lowest BCUT2D eigenvalue weighted by molar-refractivity contribution is 0.0951. The van der Waals surface area contributed by atoms with Gasteiger partial charge < -0.3 is 5.32 Å². The number of thioether (sulfide) groups is 1. The normalized spacial score (nSPS) is 10.5. The van der Waals surface area contributed by atoms with Crippen molar-refractivity contribution in [3.8, 4) is 0 Å². The highest BCUT2D eigenvalue weighted by atomic mass is 35.5. The first kappa shape index (κ1) is 15.4. The van der Waals surface area contributed by atoms with E-state index in [0.29, 0.717) is 17.1 Å². The maximum Gasteiger partial charge on any atom is 0.252 e. The summed E-state index contributed by atoms with van der Waals surface area (Å²) >= 11 is 9.18. The second-order valence-electron chi connectivity index (χ2n) is 4.06. The molecule has 1 amide bonds. The molecule has 1 aromatic carbocycles. The maximum absolute atomic E-state index is 12.2. The molecule has 1 heterocycles. The third kappa shape index (κ3) is 4.23. The highest BCUT2D eigenvalue weighted by Crippen LogP contribution is 2.25. The molecule has 6 heteroatoms. The Morgan fingerprint density at radius 2 is 2.35 bits per heavy atom. The summed E-state index contributed by atoms with van der Waals surface area (Å²) < 4.78 is 0. The molecule has 2 rings (SSSR count). The number of nitrogens with one attached hydrogen (secondary N) is 1. The van der Waals surface area contributed by atoms with E-state index in [2.05, 4.69) is 17.2 Å². The molecule has 0 saturated heterocycles. The Bertz CT molecular complexity index is 573. The van der Waals surface area contributed by atoms with Crippen molar-refractivity contribution in [2.24, 2.45) is 0 Å². The molecule has 0 atom stereocenters. The summed E-state index contributed by atoms with van der Waals surface area (Å²) in [7, 11) is 0. The number of carbonyl (C=O) groups excluding carboxylic acids is 1. The van der Waals surface area contributed by atoms with Gasteiger partial charge in [0.15, 0.2) is 0 Å². The van der Waals surface area contributed by atoms with Crippen LogP contribution in [0.2, 0.25) is 5.02 Å². The monoisotopic (exact) mass is 326 g/mol. The van der Waals surface area contributed by atoms with Gasteiger partial charge in [-0.15, -0.1) is 23.1 Å². The van der Waals surface area contributed by atoms with Gasteiger partial charge in [0.2, 0.25) is 0 Å². The molecule has 0 saturated carbocycles. The van der Waals surface area contributed by atoms with E-state index in [0.717, 1.165) is 22.8 Å². The molecule has 106 valence electrons. The molecule has 3 nitrogen and oxygen atoms in total. The Morgan fingerprint density at radius 3 is 3.05 bits per heavy atom. The molecule has 0 unspecified atom stereocenters. The minimum atomic E-state index is -0.0846. The zero-order valence-electron chi connectivity index (χ0n) is 11.1. The van der Waals surface area contributed by atoms with Crippen LogP contribution >= 0.6 is 34.7 Å². The van der Waals surface area contributed by atoms with Crippen molar-refractivity contribution in [1.29, 1.82) is 0 Å². The maximum atomic E-state index is 12.2. The lowest BCUT2D eigenvalue weighted by atomic mass is 10.2. The van der Waals surface area contributed by atoms with Gasteiger partial charge in [-0.3, -0.25) is 4.79 Å². The van der Waals surface area contributed by atoms with Gasteiger partial charge in [0.1, 0.15) is 0 Å². The van der Waals surface area contributed by atoms with Crippen molar-refractivity contribution in [2.75, 3.05) is 12.3 Å². The standard InChI is InChI=1S/C14H15ClN2OS2/c1-2-20-13-4-3-10(15)7-12(13)14(18)16-6-5-11-8-19-9-17-11/h3-4,7-9H,2,5-6H2,1H3,(H,16,18). The Labute approximate surface area is 131 Å². The van der Waals surface area contributed by atoms with Gasteiger partial charge in [-0.05, 0) is 24.0 Å². The molecular formula is C14H15ClN2OS2. The minimum absolute atomic E-state index is 0.0846. The van der Waals surface area contributed by atoms with E-state index in [1.54, 1.807) is 34.7 Å². The lowest BCUT2D eigenvalue weighted by Crippen LogP contribution is -2.26. The molecular weight excluding hydrogens is 312 g/mol. The van der Waals surface area contributed by atoms with E-state index in [9.17, 15) is 4.79 Å². The van der Waals surface area contributed by atoms with Crippen LogP contribution in [0, 0.1) is 0 Å². The Hall–Kier alpha value is -1.04. The molecule has 1 N–H and O–H groups in total. The van der Waals surface area contributed by atoms with E-state index in [4.69, 9.17) is 11.6 Å². The Morgan fingerprint density at radius 1 is 1.50 bits per heavy atom. The third-order valence-corrected chi connectivity index (χ3v) is 4.46. The number of aromatic nitrogens is 1. The number of amides is 1. The second-order valence-corrected chi connectivity index (χ2v) is 6.52. The molecule has 20 heavy (non-hydrogen) atoms. The van der Waals surface area contributed by atoms with Crippen LogP contribution in [0.5, 0.6) is 0 Å². The summed E-state index contributed by atoms with van der Waals surface area (Å²) in [6.07, 6.45) is 0.742. The van der Waals surface area contributed by atoms with E-state index in [1.165, 1.54) is 0 Å². The van der Waals surface area contributed by atoms with Gasteiger partial charge in [0.25, 0.3) is 5.91 Å². The fourth-order valence-electron chi connectivity index (χ4n) is 1.72. The van der Waals surface area contributed by atoms with Gasteiger partial charge in [-0.1, -0.05) is 18.5 Å². The second kappa shape index (κ2) is 7.67. The molecule has 2 aromatic rings. The fraction of sp³-hybridized carbons (Fsp3) is 0.286. The zero-order chi connectivity index (χ0) is 14.4. The number of carbonyl (C=O) groups is 1.